The van der Waals surface area contributed by atoms with Gasteiger partial charge in [-0.05, 0) is 12.1 Å². The molecule has 1 aliphatic rings. The van der Waals surface area contributed by atoms with Crippen LogP contribution in [-0.2, 0) is 4.74 Å². The fraction of sp³-hybridized carbons (Fsp3) is 0.364. The molecule has 0 aromatic heterocycles. The Morgan fingerprint density at radius 1 is 1.29 bits per heavy atom. The molecule has 6 heteroatoms. The fourth-order valence-corrected chi connectivity index (χ4v) is 2.02. The molecule has 17 heavy (non-hydrogen) atoms. The summed E-state index contributed by atoms with van der Waals surface area (Å²) in [6, 6.07) is 3.09. The number of carbonyl (C=O) groups excluding carboxylic acids is 1. The number of benzene rings is 1. The summed E-state index contributed by atoms with van der Waals surface area (Å²) in [6.07, 6.45) is 0. The number of rotatable bonds is 1. The van der Waals surface area contributed by atoms with Gasteiger partial charge in [0, 0.05) is 18.7 Å². The van der Waals surface area contributed by atoms with Crippen LogP contribution in [0.5, 0.6) is 0 Å². The van der Waals surface area contributed by atoms with E-state index in [1.807, 2.05) is 0 Å². The average Bonchev–Trinajstić information content (AvgIpc) is 2.35. The fourth-order valence-electron chi connectivity index (χ4n) is 1.68. The maximum absolute atomic E-state index is 12.1. The minimum atomic E-state index is -0.0985. The summed E-state index contributed by atoms with van der Waals surface area (Å²) in [5.74, 6) is -0.0985. The van der Waals surface area contributed by atoms with Crippen LogP contribution in [0.2, 0.25) is 10.0 Å². The van der Waals surface area contributed by atoms with Crippen molar-refractivity contribution in [3.63, 3.8) is 0 Å². The molecule has 0 atom stereocenters. The Bertz CT molecular complexity index is 422. The van der Waals surface area contributed by atoms with Gasteiger partial charge in [0.1, 0.15) is 0 Å². The number of hydrogen-bond acceptors (Lipinski definition) is 3. The molecule has 2 rings (SSSR count). The first-order valence-electron chi connectivity index (χ1n) is 5.21. The Hall–Kier alpha value is -0.970. The maximum atomic E-state index is 12.1. The van der Waals surface area contributed by atoms with Crippen molar-refractivity contribution < 1.29 is 9.53 Å². The van der Waals surface area contributed by atoms with E-state index in [4.69, 9.17) is 33.7 Å². The first kappa shape index (κ1) is 12.5. The zero-order chi connectivity index (χ0) is 12.4. The highest BCUT2D eigenvalue weighted by Gasteiger charge is 2.20. The highest BCUT2D eigenvalue weighted by molar-refractivity contribution is 6.43. The molecule has 1 aromatic carbocycles. The molecule has 0 bridgehead atoms. The molecule has 1 saturated heterocycles. The van der Waals surface area contributed by atoms with E-state index in [-0.39, 0.29) is 10.9 Å². The number of amides is 1. The molecule has 0 saturated carbocycles. The number of carbonyl (C=O) groups is 1. The molecular weight excluding hydrogens is 263 g/mol. The Morgan fingerprint density at radius 2 is 1.94 bits per heavy atom. The molecule has 0 radical (unpaired) electrons. The van der Waals surface area contributed by atoms with Crippen molar-refractivity contribution in [1.29, 1.82) is 0 Å². The van der Waals surface area contributed by atoms with Crippen LogP contribution in [0.15, 0.2) is 12.1 Å². The normalized spacial score (nSPS) is 16.0. The van der Waals surface area contributed by atoms with E-state index in [9.17, 15) is 4.79 Å². The minimum absolute atomic E-state index is 0.0985. The number of hydrogen-bond donors (Lipinski definition) is 1. The summed E-state index contributed by atoms with van der Waals surface area (Å²) >= 11 is 11.7. The molecule has 1 aliphatic heterocycles. The monoisotopic (exact) mass is 274 g/mol. The third-order valence-electron chi connectivity index (χ3n) is 2.60. The van der Waals surface area contributed by atoms with Crippen molar-refractivity contribution in [1.82, 2.24) is 4.90 Å². The molecule has 2 N–H and O–H groups in total. The van der Waals surface area contributed by atoms with Crippen molar-refractivity contribution in [2.45, 2.75) is 0 Å². The first-order valence-corrected chi connectivity index (χ1v) is 5.96. The number of halogens is 2. The lowest BCUT2D eigenvalue weighted by Gasteiger charge is -2.27. The molecule has 92 valence electrons. The summed E-state index contributed by atoms with van der Waals surface area (Å²) in [5.41, 5.74) is 6.45. The van der Waals surface area contributed by atoms with Crippen LogP contribution in [0.3, 0.4) is 0 Å². The number of anilines is 1. The van der Waals surface area contributed by atoms with Crippen molar-refractivity contribution >= 4 is 34.8 Å². The van der Waals surface area contributed by atoms with Gasteiger partial charge in [-0.15, -0.1) is 0 Å². The van der Waals surface area contributed by atoms with Gasteiger partial charge in [0.25, 0.3) is 5.91 Å². The van der Waals surface area contributed by atoms with Crippen LogP contribution in [0.1, 0.15) is 10.4 Å². The molecule has 0 spiro atoms. The van der Waals surface area contributed by atoms with Gasteiger partial charge in [-0.1, -0.05) is 23.2 Å². The van der Waals surface area contributed by atoms with Crippen molar-refractivity contribution in [2.24, 2.45) is 0 Å². The van der Waals surface area contributed by atoms with Crippen LogP contribution in [0, 0.1) is 0 Å². The molecule has 1 aromatic rings. The predicted octanol–water partition coefficient (Wildman–Crippen LogP) is 2.05. The predicted molar refractivity (Wildman–Crippen MR) is 67.6 cm³/mol. The van der Waals surface area contributed by atoms with Gasteiger partial charge in [-0.2, -0.15) is 0 Å². The van der Waals surface area contributed by atoms with Crippen LogP contribution >= 0.6 is 23.2 Å². The summed E-state index contributed by atoms with van der Waals surface area (Å²) in [7, 11) is 0. The second kappa shape index (κ2) is 5.12. The van der Waals surface area contributed by atoms with Gasteiger partial charge >= 0.3 is 0 Å². The SMILES string of the molecule is Nc1cc(C(=O)N2CCOCC2)cc(Cl)c1Cl. The van der Waals surface area contributed by atoms with E-state index in [1.165, 1.54) is 6.07 Å². The second-order valence-electron chi connectivity index (χ2n) is 3.77. The van der Waals surface area contributed by atoms with E-state index in [2.05, 4.69) is 0 Å². The molecule has 1 heterocycles. The molecule has 1 fully saturated rings. The zero-order valence-corrected chi connectivity index (χ0v) is 10.6. The van der Waals surface area contributed by atoms with Gasteiger partial charge < -0.3 is 15.4 Å². The lowest BCUT2D eigenvalue weighted by molar-refractivity contribution is 0.0303. The Labute approximate surface area is 109 Å². The van der Waals surface area contributed by atoms with E-state index < -0.39 is 0 Å². The smallest absolute Gasteiger partial charge is 0.254 e. The van der Waals surface area contributed by atoms with Gasteiger partial charge in [-0.25, -0.2) is 0 Å². The average molecular weight is 275 g/mol. The van der Waals surface area contributed by atoms with Crippen LogP contribution in [0.25, 0.3) is 0 Å². The van der Waals surface area contributed by atoms with Crippen molar-refractivity contribution in [3.05, 3.63) is 27.7 Å². The van der Waals surface area contributed by atoms with Gasteiger partial charge in [-0.3, -0.25) is 4.79 Å². The largest absolute Gasteiger partial charge is 0.397 e. The van der Waals surface area contributed by atoms with Gasteiger partial charge in [0.2, 0.25) is 0 Å². The minimum Gasteiger partial charge on any atom is -0.397 e. The third kappa shape index (κ3) is 2.65. The molecule has 1 amide bonds. The third-order valence-corrected chi connectivity index (χ3v) is 3.42. The number of nitrogens with two attached hydrogens (primary N) is 1. The topological polar surface area (TPSA) is 55.6 Å². The number of nitrogen functional groups attached to an aromatic ring is 1. The van der Waals surface area contributed by atoms with Crippen LogP contribution < -0.4 is 5.73 Å². The first-order chi connectivity index (χ1) is 8.09. The Morgan fingerprint density at radius 3 is 2.53 bits per heavy atom. The summed E-state index contributed by atoms with van der Waals surface area (Å²) in [6.45, 7) is 2.28. The van der Waals surface area contributed by atoms with E-state index >= 15 is 0 Å². The van der Waals surface area contributed by atoms with Crippen LogP contribution in [-0.4, -0.2) is 37.1 Å². The Balaban J connectivity index is 2.24. The van der Waals surface area contributed by atoms with Gasteiger partial charge in [0.05, 0.1) is 28.9 Å². The van der Waals surface area contributed by atoms with Crippen molar-refractivity contribution in [2.75, 3.05) is 32.0 Å². The standard InChI is InChI=1S/C11H12Cl2N2O2/c12-8-5-7(6-9(14)10(8)13)11(16)15-1-3-17-4-2-15/h5-6H,1-4,14H2. The zero-order valence-electron chi connectivity index (χ0n) is 9.08. The molecule has 0 aliphatic carbocycles. The van der Waals surface area contributed by atoms with E-state index in [1.54, 1.807) is 11.0 Å². The maximum Gasteiger partial charge on any atom is 0.254 e. The van der Waals surface area contributed by atoms with E-state index in [0.29, 0.717) is 42.6 Å². The van der Waals surface area contributed by atoms with Crippen LogP contribution in [0.4, 0.5) is 5.69 Å². The summed E-state index contributed by atoms with van der Waals surface area (Å²) < 4.78 is 5.19. The molecular formula is C11H12Cl2N2O2. The number of morpholine rings is 1. The quantitative estimate of drug-likeness (QED) is 0.798. The number of nitrogens with zero attached hydrogens (tertiary/aromatic N) is 1. The van der Waals surface area contributed by atoms with Crippen molar-refractivity contribution in [3.8, 4) is 0 Å². The second-order valence-corrected chi connectivity index (χ2v) is 4.55. The lowest BCUT2D eigenvalue weighted by Crippen LogP contribution is -2.40. The van der Waals surface area contributed by atoms with E-state index in [0.717, 1.165) is 0 Å². The van der Waals surface area contributed by atoms with Gasteiger partial charge in [0.15, 0.2) is 0 Å². The highest BCUT2D eigenvalue weighted by atomic mass is 35.5. The summed E-state index contributed by atoms with van der Waals surface area (Å²) in [4.78, 5) is 13.8. The molecule has 4 nitrogen and oxygen atoms in total. The highest BCUT2D eigenvalue weighted by Crippen LogP contribution is 2.29. The lowest BCUT2D eigenvalue weighted by atomic mass is 10.1. The number of ether oxygens (including phenoxy) is 1. The summed E-state index contributed by atoms with van der Waals surface area (Å²) in [5, 5.41) is 0.577. The molecule has 0 unspecified atom stereocenters. The Kier molecular flexibility index (Phi) is 3.76.